The van der Waals surface area contributed by atoms with E-state index < -0.39 is 12.4 Å². The molecular weight excluding hydrogens is 133 g/mol. The van der Waals surface area contributed by atoms with Gasteiger partial charge in [-0.1, -0.05) is 0 Å². The van der Waals surface area contributed by atoms with Gasteiger partial charge in [0.05, 0.1) is 6.61 Å². The quantitative estimate of drug-likeness (QED) is 0.640. The third-order valence-electron chi connectivity index (χ3n) is 1.09. The summed E-state index contributed by atoms with van der Waals surface area (Å²) >= 11 is 0. The summed E-state index contributed by atoms with van der Waals surface area (Å²) in [5.41, 5.74) is 0.659. The fourth-order valence-corrected chi connectivity index (χ4v) is 0.648. The van der Waals surface area contributed by atoms with Crippen LogP contribution >= 0.6 is 0 Å². The molecule has 0 spiro atoms. The largest absolute Gasteiger partial charge is 0.389 e. The first-order chi connectivity index (χ1) is 4.83. The van der Waals surface area contributed by atoms with Gasteiger partial charge in [0, 0.05) is 11.9 Å². The second kappa shape index (κ2) is 3.17. The Bertz CT molecular complexity index is 216. The lowest BCUT2D eigenvalue weighted by Crippen LogP contribution is -1.81. The Morgan fingerprint density at radius 3 is 3.10 bits per heavy atom. The molecule has 0 radical (unpaired) electrons. The SMILES string of the molecule is OC/C(F)=C/c1ccc[nH]1. The average Bonchev–Trinajstić information content (AvgIpc) is 2.40. The van der Waals surface area contributed by atoms with Gasteiger partial charge in [0.25, 0.3) is 0 Å². The molecule has 0 aliphatic heterocycles. The molecule has 0 amide bonds. The lowest BCUT2D eigenvalue weighted by Gasteiger charge is -1.87. The molecule has 1 rings (SSSR count). The van der Waals surface area contributed by atoms with Gasteiger partial charge in [0.2, 0.25) is 0 Å². The van der Waals surface area contributed by atoms with Crippen LogP contribution in [-0.2, 0) is 0 Å². The van der Waals surface area contributed by atoms with Crippen molar-refractivity contribution >= 4 is 6.08 Å². The predicted octanol–water partition coefficient (Wildman–Crippen LogP) is 1.32. The van der Waals surface area contributed by atoms with Gasteiger partial charge in [0.15, 0.2) is 0 Å². The molecule has 0 unspecified atom stereocenters. The van der Waals surface area contributed by atoms with Crippen molar-refractivity contribution in [2.45, 2.75) is 0 Å². The van der Waals surface area contributed by atoms with Crippen molar-refractivity contribution in [3.05, 3.63) is 29.9 Å². The molecule has 0 saturated carbocycles. The minimum atomic E-state index is -0.543. The van der Waals surface area contributed by atoms with Gasteiger partial charge < -0.3 is 10.1 Å². The Morgan fingerprint density at radius 2 is 2.60 bits per heavy atom. The zero-order valence-electron chi connectivity index (χ0n) is 5.34. The molecule has 2 nitrogen and oxygen atoms in total. The summed E-state index contributed by atoms with van der Waals surface area (Å²) in [5.74, 6) is -0.539. The number of H-pyrrole nitrogens is 1. The van der Waals surface area contributed by atoms with E-state index in [0.29, 0.717) is 5.69 Å². The first-order valence-electron chi connectivity index (χ1n) is 2.93. The van der Waals surface area contributed by atoms with Gasteiger partial charge in [0.1, 0.15) is 5.83 Å². The van der Waals surface area contributed by atoms with Gasteiger partial charge in [-0.15, -0.1) is 0 Å². The molecule has 1 aromatic rings. The highest BCUT2D eigenvalue weighted by Gasteiger charge is 1.91. The maximum absolute atomic E-state index is 12.3. The number of aliphatic hydroxyl groups is 1. The zero-order chi connectivity index (χ0) is 7.40. The molecule has 0 fully saturated rings. The van der Waals surface area contributed by atoms with Crippen molar-refractivity contribution in [2.24, 2.45) is 0 Å². The summed E-state index contributed by atoms with van der Waals surface area (Å²) in [6, 6.07) is 3.48. The van der Waals surface area contributed by atoms with Gasteiger partial charge >= 0.3 is 0 Å². The van der Waals surface area contributed by atoms with Gasteiger partial charge in [-0.25, -0.2) is 4.39 Å². The fourth-order valence-electron chi connectivity index (χ4n) is 0.648. The molecule has 2 N–H and O–H groups in total. The van der Waals surface area contributed by atoms with Crippen LogP contribution in [0.4, 0.5) is 4.39 Å². The molecule has 0 aromatic carbocycles. The molecule has 0 atom stereocenters. The molecule has 54 valence electrons. The highest BCUT2D eigenvalue weighted by molar-refractivity contribution is 5.46. The van der Waals surface area contributed by atoms with Gasteiger partial charge in [-0.3, -0.25) is 0 Å². The number of aromatic nitrogens is 1. The van der Waals surface area contributed by atoms with Gasteiger partial charge in [-0.2, -0.15) is 0 Å². The van der Waals surface area contributed by atoms with Crippen molar-refractivity contribution in [2.75, 3.05) is 6.61 Å². The van der Waals surface area contributed by atoms with E-state index >= 15 is 0 Å². The smallest absolute Gasteiger partial charge is 0.127 e. The molecule has 3 heteroatoms. The predicted molar refractivity (Wildman–Crippen MR) is 37.0 cm³/mol. The molecular formula is C7H8FNO. The molecule has 0 bridgehead atoms. The van der Waals surface area contributed by atoms with E-state index in [0.717, 1.165) is 0 Å². The standard InChI is InChI=1S/C7H8FNO/c8-6(5-10)4-7-2-1-3-9-7/h1-4,9-10H,5H2/b6-4-. The number of hydrogen-bond acceptors (Lipinski definition) is 1. The van der Waals surface area contributed by atoms with Crippen LogP contribution in [0.15, 0.2) is 24.2 Å². The maximum Gasteiger partial charge on any atom is 0.127 e. The van der Waals surface area contributed by atoms with E-state index in [2.05, 4.69) is 4.98 Å². The van der Waals surface area contributed by atoms with Crippen LogP contribution in [0.5, 0.6) is 0 Å². The van der Waals surface area contributed by atoms with Crippen LogP contribution in [0.25, 0.3) is 6.08 Å². The van der Waals surface area contributed by atoms with Crippen molar-refractivity contribution in [3.8, 4) is 0 Å². The lowest BCUT2D eigenvalue weighted by atomic mass is 10.4. The Labute approximate surface area is 58.0 Å². The summed E-state index contributed by atoms with van der Waals surface area (Å²) in [7, 11) is 0. The topological polar surface area (TPSA) is 36.0 Å². The van der Waals surface area contributed by atoms with E-state index in [9.17, 15) is 4.39 Å². The van der Waals surface area contributed by atoms with Crippen LogP contribution in [0.3, 0.4) is 0 Å². The highest BCUT2D eigenvalue weighted by atomic mass is 19.1. The van der Waals surface area contributed by atoms with Gasteiger partial charge in [-0.05, 0) is 18.2 Å². The lowest BCUT2D eigenvalue weighted by molar-refractivity contribution is 0.300. The fraction of sp³-hybridized carbons (Fsp3) is 0.143. The zero-order valence-corrected chi connectivity index (χ0v) is 5.34. The Hall–Kier alpha value is -1.09. The summed E-state index contributed by atoms with van der Waals surface area (Å²) in [6.45, 7) is -0.543. The van der Waals surface area contributed by atoms with E-state index in [1.165, 1.54) is 6.08 Å². The average molecular weight is 141 g/mol. The number of hydrogen-bond donors (Lipinski definition) is 2. The van der Waals surface area contributed by atoms with E-state index in [-0.39, 0.29) is 0 Å². The second-order valence-electron chi connectivity index (χ2n) is 1.87. The first-order valence-corrected chi connectivity index (χ1v) is 2.93. The first kappa shape index (κ1) is 7.02. The summed E-state index contributed by atoms with van der Waals surface area (Å²) < 4.78 is 12.3. The molecule has 0 saturated heterocycles. The normalized spacial score (nSPS) is 12.0. The third kappa shape index (κ3) is 1.70. The minimum absolute atomic E-state index is 0.539. The van der Waals surface area contributed by atoms with E-state index in [1.807, 2.05) is 0 Å². The number of rotatable bonds is 2. The van der Waals surface area contributed by atoms with Crippen LogP contribution in [0.2, 0.25) is 0 Å². The van der Waals surface area contributed by atoms with Crippen LogP contribution in [-0.4, -0.2) is 16.7 Å². The summed E-state index contributed by atoms with van der Waals surface area (Å²) in [5, 5.41) is 8.28. The molecule has 1 aromatic heterocycles. The van der Waals surface area contributed by atoms with Crippen molar-refractivity contribution in [1.82, 2.24) is 4.98 Å². The summed E-state index contributed by atoms with van der Waals surface area (Å²) in [4.78, 5) is 2.77. The highest BCUT2D eigenvalue weighted by Crippen LogP contribution is 2.03. The van der Waals surface area contributed by atoms with Crippen molar-refractivity contribution < 1.29 is 9.50 Å². The monoisotopic (exact) mass is 141 g/mol. The summed E-state index contributed by atoms with van der Waals surface area (Å²) in [6.07, 6.45) is 2.94. The van der Waals surface area contributed by atoms with Crippen LogP contribution in [0.1, 0.15) is 5.69 Å². The van der Waals surface area contributed by atoms with E-state index in [1.54, 1.807) is 18.3 Å². The minimum Gasteiger partial charge on any atom is -0.389 e. The molecule has 0 aliphatic rings. The molecule has 10 heavy (non-hydrogen) atoms. The van der Waals surface area contributed by atoms with Crippen molar-refractivity contribution in [3.63, 3.8) is 0 Å². The van der Waals surface area contributed by atoms with Crippen LogP contribution < -0.4 is 0 Å². The Kier molecular flexibility index (Phi) is 2.23. The number of halogens is 1. The number of nitrogens with one attached hydrogen (secondary N) is 1. The molecule has 0 aliphatic carbocycles. The molecule has 1 heterocycles. The van der Waals surface area contributed by atoms with Crippen molar-refractivity contribution in [1.29, 1.82) is 0 Å². The second-order valence-corrected chi connectivity index (χ2v) is 1.87. The Balaban J connectivity index is 2.71. The van der Waals surface area contributed by atoms with Crippen LogP contribution in [0, 0.1) is 0 Å². The van der Waals surface area contributed by atoms with E-state index in [4.69, 9.17) is 5.11 Å². The number of aromatic amines is 1. The number of aliphatic hydroxyl groups excluding tert-OH is 1. The maximum atomic E-state index is 12.3. The third-order valence-corrected chi connectivity index (χ3v) is 1.09. The Morgan fingerprint density at radius 1 is 1.80 bits per heavy atom.